The number of nitrogens with zero attached hydrogens (tertiary/aromatic N) is 6. The van der Waals surface area contributed by atoms with E-state index in [4.69, 9.17) is 10.3 Å². The second-order valence-electron chi connectivity index (χ2n) is 9.05. The molecule has 10 nitrogen and oxygen atoms in total. The highest BCUT2D eigenvalue weighted by Crippen LogP contribution is 2.27. The van der Waals surface area contributed by atoms with Crippen LogP contribution in [-0.2, 0) is 13.1 Å². The maximum Gasteiger partial charge on any atom is 0.255 e. The van der Waals surface area contributed by atoms with E-state index in [0.717, 1.165) is 11.6 Å². The number of nitrogens with two attached hydrogens (primary N) is 1. The zero-order valence-corrected chi connectivity index (χ0v) is 21.1. The maximum atomic E-state index is 14.4. The molecule has 5 rings (SSSR count). The molecular weight excluding hydrogens is 506 g/mol. The zero-order chi connectivity index (χ0) is 27.5. The molecule has 12 heteroatoms. The highest BCUT2D eigenvalue weighted by Gasteiger charge is 2.19. The van der Waals surface area contributed by atoms with Crippen molar-refractivity contribution in [2.45, 2.75) is 13.1 Å². The first-order valence-corrected chi connectivity index (χ1v) is 11.9. The summed E-state index contributed by atoms with van der Waals surface area (Å²) in [6.07, 6.45) is 2.78. The molecule has 198 valence electrons. The van der Waals surface area contributed by atoms with Gasteiger partial charge in [-0.3, -0.25) is 9.48 Å². The highest BCUT2D eigenvalue weighted by molar-refractivity contribution is 6.05. The summed E-state index contributed by atoms with van der Waals surface area (Å²) >= 11 is 0. The lowest BCUT2D eigenvalue weighted by atomic mass is 10.1. The van der Waals surface area contributed by atoms with Crippen molar-refractivity contribution in [2.75, 3.05) is 25.1 Å². The van der Waals surface area contributed by atoms with E-state index in [9.17, 15) is 13.6 Å². The molecule has 0 bridgehead atoms. The van der Waals surface area contributed by atoms with Crippen molar-refractivity contribution < 1.29 is 18.1 Å². The lowest BCUT2D eigenvalue weighted by molar-refractivity contribution is 0.102. The average molecular weight is 531 g/mol. The van der Waals surface area contributed by atoms with E-state index in [2.05, 4.69) is 25.5 Å². The lowest BCUT2D eigenvalue weighted by Crippen LogP contribution is -2.16. The fraction of sp³-hybridized carbons (Fsp3) is 0.148. The van der Waals surface area contributed by atoms with Gasteiger partial charge in [0.25, 0.3) is 5.91 Å². The summed E-state index contributed by atoms with van der Waals surface area (Å²) < 4.78 is 34.5. The summed E-state index contributed by atoms with van der Waals surface area (Å²) in [7, 11) is 3.90. The number of anilines is 2. The molecule has 0 fully saturated rings. The van der Waals surface area contributed by atoms with Gasteiger partial charge in [0.2, 0.25) is 0 Å². The van der Waals surface area contributed by atoms with E-state index in [0.29, 0.717) is 29.2 Å². The third kappa shape index (κ3) is 5.65. The highest BCUT2D eigenvalue weighted by atomic mass is 19.2. The van der Waals surface area contributed by atoms with E-state index in [-0.39, 0.29) is 35.3 Å². The number of hydrogen-bond donors (Lipinski definition) is 2. The van der Waals surface area contributed by atoms with E-state index >= 15 is 0 Å². The Morgan fingerprint density at radius 2 is 1.92 bits per heavy atom. The van der Waals surface area contributed by atoms with Crippen molar-refractivity contribution in [3.63, 3.8) is 0 Å². The maximum absolute atomic E-state index is 14.4. The van der Waals surface area contributed by atoms with Crippen LogP contribution in [0.2, 0.25) is 0 Å². The molecule has 0 saturated carbocycles. The van der Waals surface area contributed by atoms with Gasteiger partial charge in [-0.25, -0.2) is 18.7 Å². The smallest absolute Gasteiger partial charge is 0.255 e. The molecule has 0 aliphatic rings. The standard InChI is InChI=1S/C27H24F2N8O2/c1-36(2)14-16-5-3-6-17(11-16)27(38)32-22-13-31-26(33-25(22)30)21-12-23(20-9-10-39-35-20)37(34-21)15-18-7-4-8-19(28)24(18)29/h3-13H,14-15H2,1-2H3,(H,32,38)(H2,30,31,33). The number of halogens is 2. The summed E-state index contributed by atoms with van der Waals surface area (Å²) in [5.41, 5.74) is 9.16. The van der Waals surface area contributed by atoms with Crippen LogP contribution in [-0.4, -0.2) is 49.8 Å². The molecule has 1 amide bonds. The first-order valence-electron chi connectivity index (χ1n) is 11.9. The number of nitrogens with one attached hydrogen (secondary N) is 1. The van der Waals surface area contributed by atoms with Crippen molar-refractivity contribution in [3.8, 4) is 22.9 Å². The molecule has 3 heterocycles. The first kappa shape index (κ1) is 25.7. The Bertz CT molecular complexity index is 1630. The van der Waals surface area contributed by atoms with Gasteiger partial charge in [0.15, 0.2) is 23.3 Å². The predicted molar refractivity (Wildman–Crippen MR) is 140 cm³/mol. The van der Waals surface area contributed by atoms with Crippen molar-refractivity contribution in [1.82, 2.24) is 29.8 Å². The summed E-state index contributed by atoms with van der Waals surface area (Å²) in [5.74, 6) is -2.07. The molecule has 0 unspecified atom stereocenters. The Kier molecular flexibility index (Phi) is 7.10. The minimum atomic E-state index is -0.964. The number of carbonyl (C=O) groups excluding carboxylic acids is 1. The van der Waals surface area contributed by atoms with Gasteiger partial charge in [0.05, 0.1) is 18.4 Å². The van der Waals surface area contributed by atoms with Crippen LogP contribution in [0.1, 0.15) is 21.5 Å². The van der Waals surface area contributed by atoms with Gasteiger partial charge < -0.3 is 20.5 Å². The van der Waals surface area contributed by atoms with Crippen LogP contribution >= 0.6 is 0 Å². The van der Waals surface area contributed by atoms with Gasteiger partial charge in [-0.05, 0) is 43.9 Å². The van der Waals surface area contributed by atoms with E-state index in [1.54, 1.807) is 24.3 Å². The minimum absolute atomic E-state index is 0.0338. The van der Waals surface area contributed by atoms with E-state index in [1.165, 1.54) is 29.3 Å². The quantitative estimate of drug-likeness (QED) is 0.305. The Labute approximate surface area is 222 Å². The molecule has 0 aliphatic heterocycles. The van der Waals surface area contributed by atoms with Crippen molar-refractivity contribution in [1.29, 1.82) is 0 Å². The third-order valence-electron chi connectivity index (χ3n) is 5.82. The fourth-order valence-electron chi connectivity index (χ4n) is 4.01. The number of aromatic nitrogens is 5. The monoisotopic (exact) mass is 530 g/mol. The van der Waals surface area contributed by atoms with Crippen LogP contribution in [0.25, 0.3) is 22.9 Å². The second kappa shape index (κ2) is 10.8. The summed E-state index contributed by atoms with van der Waals surface area (Å²) in [5, 5.41) is 11.2. The number of benzene rings is 2. The Morgan fingerprint density at radius 1 is 1.10 bits per heavy atom. The van der Waals surface area contributed by atoms with Gasteiger partial charge in [-0.2, -0.15) is 5.10 Å². The van der Waals surface area contributed by atoms with Gasteiger partial charge >= 0.3 is 0 Å². The molecule has 3 aromatic heterocycles. The van der Waals surface area contributed by atoms with Crippen LogP contribution in [0.5, 0.6) is 0 Å². The molecule has 0 atom stereocenters. The van der Waals surface area contributed by atoms with Crippen LogP contribution < -0.4 is 11.1 Å². The normalized spacial score (nSPS) is 11.2. The molecule has 0 spiro atoms. The molecule has 3 N–H and O–H groups in total. The molecule has 5 aromatic rings. The first-order chi connectivity index (χ1) is 18.8. The van der Waals surface area contributed by atoms with Crippen LogP contribution in [0, 0.1) is 11.6 Å². The van der Waals surface area contributed by atoms with Gasteiger partial charge in [-0.1, -0.05) is 29.4 Å². The summed E-state index contributed by atoms with van der Waals surface area (Å²) in [4.78, 5) is 23.5. The third-order valence-corrected chi connectivity index (χ3v) is 5.82. The van der Waals surface area contributed by atoms with Gasteiger partial charge in [0.1, 0.15) is 23.3 Å². The summed E-state index contributed by atoms with van der Waals surface area (Å²) in [6.45, 7) is 0.609. The topological polar surface area (TPSA) is 128 Å². The summed E-state index contributed by atoms with van der Waals surface area (Å²) in [6, 6.07) is 14.5. The number of rotatable bonds is 8. The second-order valence-corrected chi connectivity index (χ2v) is 9.05. The number of amides is 1. The number of nitrogen functional groups attached to an aromatic ring is 1. The molecule has 0 saturated heterocycles. The largest absolute Gasteiger partial charge is 0.382 e. The van der Waals surface area contributed by atoms with Crippen molar-refractivity contribution in [2.24, 2.45) is 0 Å². The molecule has 2 aromatic carbocycles. The molecule has 39 heavy (non-hydrogen) atoms. The van der Waals surface area contributed by atoms with Gasteiger partial charge in [0, 0.05) is 23.7 Å². The minimum Gasteiger partial charge on any atom is -0.382 e. The molecular formula is C27H24F2N8O2. The molecule has 0 aliphatic carbocycles. The fourth-order valence-corrected chi connectivity index (χ4v) is 4.01. The number of carbonyl (C=O) groups is 1. The Hall–Kier alpha value is -4.97. The Balaban J connectivity index is 1.41. The lowest BCUT2D eigenvalue weighted by Gasteiger charge is -2.11. The molecule has 0 radical (unpaired) electrons. The van der Waals surface area contributed by atoms with E-state index < -0.39 is 11.6 Å². The number of hydrogen-bond acceptors (Lipinski definition) is 8. The zero-order valence-electron chi connectivity index (χ0n) is 21.1. The van der Waals surface area contributed by atoms with Gasteiger partial charge in [-0.15, -0.1) is 0 Å². The SMILES string of the molecule is CN(C)Cc1cccc(C(=O)Nc2cnc(-c3cc(-c4ccon4)n(Cc4cccc(F)c4F)n3)nc2N)c1. The average Bonchev–Trinajstić information content (AvgIpc) is 3.58. The van der Waals surface area contributed by atoms with Crippen LogP contribution in [0.3, 0.4) is 0 Å². The van der Waals surface area contributed by atoms with Crippen molar-refractivity contribution >= 4 is 17.4 Å². The van der Waals surface area contributed by atoms with E-state index in [1.807, 2.05) is 31.1 Å². The van der Waals surface area contributed by atoms with Crippen molar-refractivity contribution in [3.05, 3.63) is 95.4 Å². The van der Waals surface area contributed by atoms with Crippen LogP contribution in [0.4, 0.5) is 20.3 Å². The Morgan fingerprint density at radius 3 is 2.67 bits per heavy atom. The predicted octanol–water partition coefficient (Wildman–Crippen LogP) is 4.22. The van der Waals surface area contributed by atoms with Crippen LogP contribution in [0.15, 0.2) is 71.6 Å².